The Morgan fingerprint density at radius 3 is 2.93 bits per heavy atom. The third-order valence-electron chi connectivity index (χ3n) is 4.81. The molecule has 3 heterocycles. The van der Waals surface area contributed by atoms with Crippen molar-refractivity contribution < 1.29 is 14.6 Å². The first kappa shape index (κ1) is 20.3. The van der Waals surface area contributed by atoms with Gasteiger partial charge in [0.25, 0.3) is 5.91 Å². The summed E-state index contributed by atoms with van der Waals surface area (Å²) in [6.45, 7) is 3.57. The summed E-state index contributed by atoms with van der Waals surface area (Å²) < 4.78 is 5.01. The lowest BCUT2D eigenvalue weighted by molar-refractivity contribution is 0.0935. The van der Waals surface area contributed by atoms with Crippen molar-refractivity contribution in [1.29, 1.82) is 0 Å². The van der Waals surface area contributed by atoms with Gasteiger partial charge in [0, 0.05) is 41.2 Å². The molecule has 1 aliphatic heterocycles. The highest BCUT2D eigenvalue weighted by atomic mass is 32.1. The third kappa shape index (κ3) is 5.80. The molecule has 1 fully saturated rings. The zero-order valence-corrected chi connectivity index (χ0v) is 16.8. The highest BCUT2D eigenvalue weighted by Crippen LogP contribution is 2.21. The molecule has 0 unspecified atom stereocenters. The van der Waals surface area contributed by atoms with Crippen molar-refractivity contribution in [3.63, 3.8) is 0 Å². The first-order chi connectivity index (χ1) is 13.7. The smallest absolute Gasteiger partial charge is 0.252 e. The molecular weight excluding hydrogens is 374 g/mol. The van der Waals surface area contributed by atoms with Crippen LogP contribution in [0.1, 0.15) is 33.6 Å². The van der Waals surface area contributed by atoms with Crippen LogP contribution >= 0.6 is 11.3 Å². The summed E-state index contributed by atoms with van der Waals surface area (Å²) in [6, 6.07) is 5.52. The Kier molecular flexibility index (Phi) is 7.43. The number of pyridine rings is 1. The normalized spacial score (nSPS) is 14.9. The summed E-state index contributed by atoms with van der Waals surface area (Å²) in [6.07, 6.45) is 3.68. The van der Waals surface area contributed by atoms with Crippen molar-refractivity contribution in [1.82, 2.24) is 15.2 Å². The minimum Gasteiger partial charge on any atom is -0.481 e. The average molecular weight is 400 g/mol. The molecule has 2 aromatic heterocycles. The summed E-state index contributed by atoms with van der Waals surface area (Å²) in [5, 5.41) is 13.8. The molecule has 3 rings (SSSR count). The quantitative estimate of drug-likeness (QED) is 0.728. The molecular formula is C21H25N3O3S. The van der Waals surface area contributed by atoms with E-state index in [0.717, 1.165) is 38.0 Å². The number of thiophene rings is 1. The van der Waals surface area contributed by atoms with Crippen molar-refractivity contribution in [2.45, 2.75) is 19.4 Å². The van der Waals surface area contributed by atoms with Crippen molar-refractivity contribution in [2.75, 3.05) is 33.4 Å². The number of carbonyl (C=O) groups excluding carboxylic acids is 1. The van der Waals surface area contributed by atoms with E-state index < -0.39 is 0 Å². The molecule has 6 nitrogen and oxygen atoms in total. The van der Waals surface area contributed by atoms with Gasteiger partial charge >= 0.3 is 0 Å². The fourth-order valence-corrected chi connectivity index (χ4v) is 4.07. The van der Waals surface area contributed by atoms with Crippen molar-refractivity contribution in [2.24, 2.45) is 5.92 Å². The van der Waals surface area contributed by atoms with E-state index in [0.29, 0.717) is 23.9 Å². The molecule has 0 saturated carbocycles. The summed E-state index contributed by atoms with van der Waals surface area (Å²) in [7, 11) is 1.55. The van der Waals surface area contributed by atoms with E-state index in [1.807, 2.05) is 5.38 Å². The number of carbonyl (C=O) groups is 1. The second-order valence-electron chi connectivity index (χ2n) is 6.78. The number of amides is 1. The number of rotatable bonds is 6. The van der Waals surface area contributed by atoms with Gasteiger partial charge in [0.1, 0.15) is 6.61 Å². The monoisotopic (exact) mass is 399 g/mol. The van der Waals surface area contributed by atoms with Crippen LogP contribution in [0.4, 0.5) is 0 Å². The van der Waals surface area contributed by atoms with Gasteiger partial charge in [0.05, 0.1) is 12.7 Å². The summed E-state index contributed by atoms with van der Waals surface area (Å²) in [4.78, 5) is 20.1. The predicted octanol–water partition coefficient (Wildman–Crippen LogP) is 2.14. The molecule has 0 radical (unpaired) electrons. The molecule has 0 spiro atoms. The molecule has 0 bridgehead atoms. The Morgan fingerprint density at radius 2 is 2.25 bits per heavy atom. The number of nitrogens with one attached hydrogen (secondary N) is 1. The lowest BCUT2D eigenvalue weighted by atomic mass is 9.96. The Bertz CT molecular complexity index is 831. The number of ether oxygens (including phenoxy) is 1. The number of aliphatic hydroxyl groups is 1. The molecule has 1 saturated heterocycles. The van der Waals surface area contributed by atoms with Gasteiger partial charge in [-0.25, -0.2) is 4.98 Å². The minimum atomic E-state index is -0.107. The number of methoxy groups -OCH3 is 1. The third-order valence-corrected chi connectivity index (χ3v) is 5.73. The number of hydrogen-bond donors (Lipinski definition) is 2. The van der Waals surface area contributed by atoms with Crippen LogP contribution < -0.4 is 10.1 Å². The molecule has 7 heteroatoms. The second kappa shape index (κ2) is 10.2. The fourth-order valence-electron chi connectivity index (χ4n) is 3.21. The van der Waals surface area contributed by atoms with Gasteiger partial charge in [0.15, 0.2) is 0 Å². The molecule has 1 amide bonds. The number of aliphatic hydroxyl groups excluding tert-OH is 1. The number of piperidine rings is 1. The zero-order chi connectivity index (χ0) is 19.8. The lowest BCUT2D eigenvalue weighted by Gasteiger charge is -2.31. The number of aromatic nitrogens is 1. The van der Waals surface area contributed by atoms with Crippen LogP contribution in [-0.4, -0.2) is 54.2 Å². The maximum Gasteiger partial charge on any atom is 0.252 e. The van der Waals surface area contributed by atoms with Crippen LogP contribution in [0.2, 0.25) is 0 Å². The SMILES string of the molecule is COc1ccc(C(=O)NCC2CCN(Cc3cc(C#CCO)cs3)CC2)cn1. The lowest BCUT2D eigenvalue weighted by Crippen LogP contribution is -2.38. The van der Waals surface area contributed by atoms with Gasteiger partial charge in [-0.2, -0.15) is 0 Å². The average Bonchev–Trinajstić information content (AvgIpc) is 3.18. The number of nitrogens with zero attached hydrogens (tertiary/aromatic N) is 2. The van der Waals surface area contributed by atoms with Gasteiger partial charge in [-0.3, -0.25) is 9.69 Å². The molecule has 2 aromatic rings. The maximum absolute atomic E-state index is 12.2. The van der Waals surface area contributed by atoms with E-state index in [-0.39, 0.29) is 12.5 Å². The highest BCUT2D eigenvalue weighted by molar-refractivity contribution is 7.10. The fraction of sp³-hybridized carbons (Fsp3) is 0.429. The second-order valence-corrected chi connectivity index (χ2v) is 7.78. The van der Waals surface area contributed by atoms with E-state index in [1.165, 1.54) is 11.1 Å². The van der Waals surface area contributed by atoms with Gasteiger partial charge in [0.2, 0.25) is 5.88 Å². The molecule has 148 valence electrons. The van der Waals surface area contributed by atoms with Gasteiger partial charge < -0.3 is 15.2 Å². The van der Waals surface area contributed by atoms with E-state index in [4.69, 9.17) is 9.84 Å². The van der Waals surface area contributed by atoms with Gasteiger partial charge in [-0.15, -0.1) is 11.3 Å². The number of hydrogen-bond acceptors (Lipinski definition) is 6. The van der Waals surface area contributed by atoms with Crippen LogP contribution in [0.3, 0.4) is 0 Å². The first-order valence-electron chi connectivity index (χ1n) is 9.35. The maximum atomic E-state index is 12.2. The van der Waals surface area contributed by atoms with Crippen LogP contribution in [-0.2, 0) is 6.54 Å². The molecule has 1 aliphatic rings. The summed E-state index contributed by atoms with van der Waals surface area (Å²) in [5.74, 6) is 6.54. The van der Waals surface area contributed by atoms with Crippen LogP contribution in [0, 0.1) is 17.8 Å². The standard InChI is InChI=1S/C21H25N3O3S/c1-27-20-5-4-18(13-22-20)21(26)23-12-16-6-8-24(9-7-16)14-19-11-17(15-28-19)3-2-10-25/h4-5,11,13,15-16,25H,6-10,12,14H2,1H3,(H,23,26). The van der Waals surface area contributed by atoms with Crippen molar-refractivity contribution in [3.8, 4) is 17.7 Å². The van der Waals surface area contributed by atoms with E-state index in [9.17, 15) is 4.79 Å². The van der Waals surface area contributed by atoms with Gasteiger partial charge in [-0.05, 0) is 44.0 Å². The Morgan fingerprint density at radius 1 is 1.43 bits per heavy atom. The van der Waals surface area contributed by atoms with Crippen LogP contribution in [0.5, 0.6) is 5.88 Å². The number of likely N-dealkylation sites (tertiary alicyclic amines) is 1. The first-order valence-corrected chi connectivity index (χ1v) is 10.2. The summed E-state index contributed by atoms with van der Waals surface area (Å²) >= 11 is 1.71. The van der Waals surface area contributed by atoms with Crippen molar-refractivity contribution in [3.05, 3.63) is 45.8 Å². The van der Waals surface area contributed by atoms with Crippen molar-refractivity contribution >= 4 is 17.2 Å². The zero-order valence-electron chi connectivity index (χ0n) is 16.0. The van der Waals surface area contributed by atoms with E-state index in [2.05, 4.69) is 33.1 Å². The predicted molar refractivity (Wildman–Crippen MR) is 109 cm³/mol. The largest absolute Gasteiger partial charge is 0.481 e. The van der Waals surface area contributed by atoms with Crippen LogP contribution in [0.15, 0.2) is 29.8 Å². The molecule has 28 heavy (non-hydrogen) atoms. The minimum absolute atomic E-state index is 0.0901. The molecule has 0 aliphatic carbocycles. The Hall–Kier alpha value is -2.40. The molecule has 0 aromatic carbocycles. The Balaban J connectivity index is 1.40. The highest BCUT2D eigenvalue weighted by Gasteiger charge is 2.20. The van der Waals surface area contributed by atoms with E-state index >= 15 is 0 Å². The molecule has 0 atom stereocenters. The summed E-state index contributed by atoms with van der Waals surface area (Å²) in [5.41, 5.74) is 1.52. The Labute approximate surface area is 169 Å². The van der Waals surface area contributed by atoms with Crippen LogP contribution in [0.25, 0.3) is 0 Å². The van der Waals surface area contributed by atoms with E-state index in [1.54, 1.807) is 30.6 Å². The topological polar surface area (TPSA) is 74.7 Å². The molecule has 2 N–H and O–H groups in total. The van der Waals surface area contributed by atoms with Gasteiger partial charge in [-0.1, -0.05) is 11.8 Å².